The van der Waals surface area contributed by atoms with Crippen molar-refractivity contribution in [1.29, 1.82) is 0 Å². The van der Waals surface area contributed by atoms with Gasteiger partial charge in [0.25, 0.3) is 0 Å². The maximum Gasteiger partial charge on any atom is 0.310 e. The Morgan fingerprint density at radius 3 is 2.67 bits per heavy atom. The van der Waals surface area contributed by atoms with E-state index >= 15 is 0 Å². The molecule has 0 amide bonds. The van der Waals surface area contributed by atoms with Crippen molar-refractivity contribution in [2.45, 2.75) is 31.8 Å². The first-order chi connectivity index (χ1) is 11.7. The van der Waals surface area contributed by atoms with Gasteiger partial charge >= 0.3 is 5.97 Å². The zero-order valence-electron chi connectivity index (χ0n) is 14.8. The van der Waals surface area contributed by atoms with Gasteiger partial charge in [0.05, 0.1) is 25.7 Å². The summed E-state index contributed by atoms with van der Waals surface area (Å²) in [5.41, 5.74) is 2.61. The van der Waals surface area contributed by atoms with E-state index in [9.17, 15) is 4.79 Å². The largest absolute Gasteiger partial charge is 0.469 e. The number of carbonyl (C=O) groups is 1. The minimum Gasteiger partial charge on any atom is -0.469 e. The van der Waals surface area contributed by atoms with Gasteiger partial charge in [0.1, 0.15) is 0 Å². The lowest BCUT2D eigenvalue weighted by Crippen LogP contribution is -2.56. The molecule has 2 aliphatic heterocycles. The lowest BCUT2D eigenvalue weighted by atomic mass is 9.71. The Labute approximate surface area is 144 Å². The third-order valence-corrected chi connectivity index (χ3v) is 5.39. The van der Waals surface area contributed by atoms with Crippen LogP contribution >= 0.6 is 0 Å². The van der Waals surface area contributed by atoms with Gasteiger partial charge in [0, 0.05) is 19.7 Å². The predicted molar refractivity (Wildman–Crippen MR) is 93.5 cm³/mol. The fourth-order valence-corrected chi connectivity index (χ4v) is 4.38. The lowest BCUT2D eigenvalue weighted by Gasteiger charge is -2.51. The molecule has 0 saturated carbocycles. The average molecular weight is 329 g/mol. The van der Waals surface area contributed by atoms with E-state index in [1.807, 2.05) is 6.07 Å². The van der Waals surface area contributed by atoms with Crippen molar-refractivity contribution in [3.8, 4) is 0 Å². The average Bonchev–Trinajstić information content (AvgIpc) is 2.65. The number of methoxy groups -OCH3 is 2. The second-order valence-electron chi connectivity index (χ2n) is 6.74. The summed E-state index contributed by atoms with van der Waals surface area (Å²) in [5.74, 6) is 0.256. The van der Waals surface area contributed by atoms with Gasteiger partial charge in [0.2, 0.25) is 0 Å². The van der Waals surface area contributed by atoms with Crippen LogP contribution in [0.2, 0.25) is 0 Å². The van der Waals surface area contributed by atoms with Crippen LogP contribution in [-0.2, 0) is 14.3 Å². The number of hydrogen-bond acceptors (Lipinski definition) is 4. The van der Waals surface area contributed by atoms with Gasteiger partial charge in [-0.15, -0.1) is 0 Å². The number of hydrogen-bond donors (Lipinski definition) is 0. The highest BCUT2D eigenvalue weighted by Gasteiger charge is 2.47. The molecule has 2 heterocycles. The van der Waals surface area contributed by atoms with Crippen molar-refractivity contribution in [2.75, 3.05) is 27.4 Å². The van der Waals surface area contributed by atoms with Gasteiger partial charge in [-0.05, 0) is 24.3 Å². The number of rotatable bonds is 6. The van der Waals surface area contributed by atoms with Crippen molar-refractivity contribution in [3.05, 3.63) is 47.5 Å². The molecule has 1 fully saturated rings. The summed E-state index contributed by atoms with van der Waals surface area (Å²) in [4.78, 5) is 14.8. The summed E-state index contributed by atoms with van der Waals surface area (Å²) in [6, 6.07) is 10.7. The Hall–Kier alpha value is -1.65. The maximum atomic E-state index is 12.4. The first-order valence-electron chi connectivity index (χ1n) is 8.77. The predicted octanol–water partition coefficient (Wildman–Crippen LogP) is 3.20. The number of fused-ring (bicyclic) bond motifs is 2. The number of piperidine rings is 1. The zero-order chi connectivity index (χ0) is 17.1. The highest BCUT2D eigenvalue weighted by molar-refractivity contribution is 5.74. The molecule has 4 nitrogen and oxygen atoms in total. The van der Waals surface area contributed by atoms with Crippen molar-refractivity contribution in [3.63, 3.8) is 0 Å². The van der Waals surface area contributed by atoms with E-state index in [4.69, 9.17) is 9.47 Å². The normalized spacial score (nSPS) is 27.6. The Bertz CT molecular complexity index is 598. The van der Waals surface area contributed by atoms with Gasteiger partial charge in [-0.2, -0.15) is 0 Å². The molecular weight excluding hydrogens is 302 g/mol. The molecule has 130 valence electrons. The van der Waals surface area contributed by atoms with Gasteiger partial charge in [-0.3, -0.25) is 9.69 Å². The summed E-state index contributed by atoms with van der Waals surface area (Å²) in [6.07, 6.45) is 4.25. The van der Waals surface area contributed by atoms with Gasteiger partial charge < -0.3 is 9.47 Å². The molecule has 1 aromatic rings. The molecule has 0 unspecified atom stereocenters. The van der Waals surface area contributed by atoms with Crippen molar-refractivity contribution in [2.24, 2.45) is 11.8 Å². The third-order valence-electron chi connectivity index (χ3n) is 5.39. The van der Waals surface area contributed by atoms with E-state index in [1.165, 1.54) is 18.2 Å². The van der Waals surface area contributed by atoms with Crippen LogP contribution in [0.15, 0.2) is 42.0 Å². The van der Waals surface area contributed by atoms with E-state index in [-0.39, 0.29) is 24.0 Å². The van der Waals surface area contributed by atoms with Crippen LogP contribution in [0.4, 0.5) is 0 Å². The molecule has 4 rings (SSSR count). The van der Waals surface area contributed by atoms with Crippen LogP contribution in [0.1, 0.15) is 31.4 Å². The second-order valence-corrected chi connectivity index (χ2v) is 6.74. The summed E-state index contributed by atoms with van der Waals surface area (Å²) < 4.78 is 10.6. The fraction of sp³-hybridized carbons (Fsp3) is 0.550. The molecule has 3 aliphatic rings. The smallest absolute Gasteiger partial charge is 0.310 e. The number of benzene rings is 1. The topological polar surface area (TPSA) is 38.8 Å². The minimum absolute atomic E-state index is 0.0724. The number of ether oxygens (including phenoxy) is 2. The third kappa shape index (κ3) is 3.13. The SMILES string of the molecule is CCC1=C[C@@H]2C[C@H](C(=O)OC)[C@H]1N([C@@H](COC)c1ccccc1)C2. The highest BCUT2D eigenvalue weighted by atomic mass is 16.5. The van der Waals surface area contributed by atoms with Crippen molar-refractivity contribution < 1.29 is 14.3 Å². The molecule has 0 aromatic heterocycles. The molecule has 4 heteroatoms. The summed E-state index contributed by atoms with van der Waals surface area (Å²) in [7, 11) is 3.24. The molecule has 1 aliphatic carbocycles. The molecule has 0 spiro atoms. The molecule has 1 aromatic carbocycles. The van der Waals surface area contributed by atoms with Crippen LogP contribution in [0.3, 0.4) is 0 Å². The first kappa shape index (κ1) is 17.2. The minimum atomic E-state index is -0.0852. The Morgan fingerprint density at radius 2 is 2.04 bits per heavy atom. The van der Waals surface area contributed by atoms with Gasteiger partial charge in [-0.1, -0.05) is 48.9 Å². The van der Waals surface area contributed by atoms with Crippen LogP contribution in [0.5, 0.6) is 0 Å². The van der Waals surface area contributed by atoms with Crippen LogP contribution in [0, 0.1) is 11.8 Å². The van der Waals surface area contributed by atoms with E-state index in [0.717, 1.165) is 19.4 Å². The van der Waals surface area contributed by atoms with Gasteiger partial charge in [-0.25, -0.2) is 0 Å². The van der Waals surface area contributed by atoms with Crippen molar-refractivity contribution >= 4 is 5.97 Å². The molecule has 1 saturated heterocycles. The Kier molecular flexibility index (Phi) is 5.36. The standard InChI is InChI=1S/C20H27NO3/c1-4-15-10-14-11-17(20(22)24-3)19(15)21(12-14)18(13-23-2)16-8-6-5-7-9-16/h5-10,14,17-19H,4,11-13H2,1-3H3/t14-,17+,18+,19+/m1/s1. The Morgan fingerprint density at radius 1 is 1.29 bits per heavy atom. The number of esters is 1. The van der Waals surface area contributed by atoms with Crippen LogP contribution < -0.4 is 0 Å². The molecule has 4 atom stereocenters. The molecule has 2 bridgehead atoms. The second kappa shape index (κ2) is 7.49. The molecule has 0 radical (unpaired) electrons. The fourth-order valence-electron chi connectivity index (χ4n) is 4.38. The number of carbonyl (C=O) groups excluding carboxylic acids is 1. The molecule has 0 N–H and O–H groups in total. The van der Waals surface area contributed by atoms with Crippen LogP contribution in [0.25, 0.3) is 0 Å². The van der Waals surface area contributed by atoms with E-state index < -0.39 is 0 Å². The Balaban J connectivity index is 1.96. The van der Waals surface area contributed by atoms with Gasteiger partial charge in [0.15, 0.2) is 0 Å². The summed E-state index contributed by atoms with van der Waals surface area (Å²) in [5, 5.41) is 0. The summed E-state index contributed by atoms with van der Waals surface area (Å²) >= 11 is 0. The first-order valence-corrected chi connectivity index (χ1v) is 8.77. The van der Waals surface area contributed by atoms with E-state index in [2.05, 4.69) is 42.2 Å². The molecular formula is C20H27NO3. The zero-order valence-corrected chi connectivity index (χ0v) is 14.8. The number of nitrogens with zero attached hydrogens (tertiary/aromatic N) is 1. The summed E-state index contributed by atoms with van der Waals surface area (Å²) in [6.45, 7) is 3.77. The van der Waals surface area contributed by atoms with Crippen molar-refractivity contribution in [1.82, 2.24) is 4.90 Å². The van der Waals surface area contributed by atoms with E-state index in [0.29, 0.717) is 12.5 Å². The highest BCUT2D eigenvalue weighted by Crippen LogP contribution is 2.44. The lowest BCUT2D eigenvalue weighted by molar-refractivity contribution is -0.151. The van der Waals surface area contributed by atoms with E-state index in [1.54, 1.807) is 7.11 Å². The molecule has 24 heavy (non-hydrogen) atoms. The van der Waals surface area contributed by atoms with Crippen LogP contribution in [-0.4, -0.2) is 44.3 Å². The maximum absolute atomic E-state index is 12.4. The monoisotopic (exact) mass is 329 g/mol. The quantitative estimate of drug-likeness (QED) is 0.593.